The first kappa shape index (κ1) is 11.6. The number of aromatic nitrogens is 3. The predicted octanol–water partition coefficient (Wildman–Crippen LogP) is 0.112. The van der Waals surface area contributed by atoms with E-state index >= 15 is 0 Å². The molecule has 1 heterocycles. The molecule has 0 spiro atoms. The van der Waals surface area contributed by atoms with E-state index in [1.165, 1.54) is 0 Å². The van der Waals surface area contributed by atoms with Crippen LogP contribution in [0.25, 0.3) is 0 Å². The first-order chi connectivity index (χ1) is 7.16. The minimum Gasteiger partial charge on any atom is -0.385 e. The van der Waals surface area contributed by atoms with Crippen molar-refractivity contribution in [2.45, 2.75) is 26.3 Å². The molecule has 84 valence electrons. The first-order valence-electron chi connectivity index (χ1n) is 4.85. The van der Waals surface area contributed by atoms with Crippen LogP contribution in [0.2, 0.25) is 0 Å². The van der Waals surface area contributed by atoms with E-state index in [1.54, 1.807) is 18.7 Å². The Bertz CT molecular complexity index is 335. The zero-order valence-corrected chi connectivity index (χ0v) is 9.06. The van der Waals surface area contributed by atoms with E-state index in [0.29, 0.717) is 0 Å². The second-order valence-electron chi connectivity index (χ2n) is 3.31. The maximum absolute atomic E-state index is 10.9. The topological polar surface area (TPSA) is 83.0 Å². The van der Waals surface area contributed by atoms with Gasteiger partial charge in [-0.05, 0) is 19.8 Å². The molecule has 0 bridgehead atoms. The number of rotatable bonds is 6. The van der Waals surface area contributed by atoms with E-state index in [2.05, 4.69) is 10.3 Å². The van der Waals surface area contributed by atoms with Gasteiger partial charge in [0.15, 0.2) is 5.69 Å². The Labute approximate surface area is 88.4 Å². The number of carbonyl (C=O) groups excluding carboxylic acids is 1. The molecule has 0 aliphatic rings. The van der Waals surface area contributed by atoms with Gasteiger partial charge in [0.1, 0.15) is 0 Å². The summed E-state index contributed by atoms with van der Waals surface area (Å²) in [6.07, 6.45) is 1.90. The van der Waals surface area contributed by atoms with Gasteiger partial charge in [-0.2, -0.15) is 0 Å². The number of carbonyl (C=O) groups is 1. The van der Waals surface area contributed by atoms with E-state index < -0.39 is 5.91 Å². The number of hydrogen-bond donors (Lipinski definition) is 1. The van der Waals surface area contributed by atoms with E-state index in [4.69, 9.17) is 10.5 Å². The SMILES string of the molecule is COCCCCn1nnc(C(N)=O)c1C. The lowest BCUT2D eigenvalue weighted by Crippen LogP contribution is -2.13. The third kappa shape index (κ3) is 3.02. The zero-order valence-electron chi connectivity index (χ0n) is 9.06. The van der Waals surface area contributed by atoms with E-state index in [1.807, 2.05) is 0 Å². The van der Waals surface area contributed by atoms with Crippen LogP contribution < -0.4 is 5.73 Å². The average Bonchev–Trinajstić information content (AvgIpc) is 2.55. The Kier molecular flexibility index (Phi) is 4.23. The zero-order chi connectivity index (χ0) is 11.3. The minimum atomic E-state index is -0.532. The van der Waals surface area contributed by atoms with Crippen LogP contribution in [0.4, 0.5) is 0 Å². The summed E-state index contributed by atoms with van der Waals surface area (Å²) in [6.45, 7) is 3.25. The molecule has 2 N–H and O–H groups in total. The van der Waals surface area contributed by atoms with Crippen LogP contribution in [0.1, 0.15) is 29.0 Å². The summed E-state index contributed by atoms with van der Waals surface area (Å²) in [4.78, 5) is 10.9. The van der Waals surface area contributed by atoms with Gasteiger partial charge >= 0.3 is 0 Å². The summed E-state index contributed by atoms with van der Waals surface area (Å²) in [5.41, 5.74) is 6.10. The van der Waals surface area contributed by atoms with E-state index in [0.717, 1.165) is 31.7 Å². The molecule has 0 aliphatic heterocycles. The van der Waals surface area contributed by atoms with Crippen molar-refractivity contribution in [3.8, 4) is 0 Å². The van der Waals surface area contributed by atoms with Gasteiger partial charge in [0.2, 0.25) is 0 Å². The number of nitrogens with zero attached hydrogens (tertiary/aromatic N) is 3. The van der Waals surface area contributed by atoms with Crippen LogP contribution in [0.5, 0.6) is 0 Å². The monoisotopic (exact) mass is 212 g/mol. The molecule has 6 nitrogen and oxygen atoms in total. The Balaban J connectivity index is 2.51. The molecule has 6 heteroatoms. The van der Waals surface area contributed by atoms with Crippen LogP contribution in [0, 0.1) is 6.92 Å². The highest BCUT2D eigenvalue weighted by atomic mass is 16.5. The third-order valence-electron chi connectivity index (χ3n) is 2.18. The summed E-state index contributed by atoms with van der Waals surface area (Å²) < 4.78 is 6.62. The molecule has 0 aliphatic carbocycles. The summed E-state index contributed by atoms with van der Waals surface area (Å²) in [5.74, 6) is -0.532. The fourth-order valence-corrected chi connectivity index (χ4v) is 1.31. The van der Waals surface area contributed by atoms with Gasteiger partial charge in [-0.15, -0.1) is 5.10 Å². The normalized spacial score (nSPS) is 10.5. The molecule has 0 aromatic carbocycles. The van der Waals surface area contributed by atoms with Crippen LogP contribution >= 0.6 is 0 Å². The minimum absolute atomic E-state index is 0.252. The quantitative estimate of drug-likeness (QED) is 0.678. The van der Waals surface area contributed by atoms with Crippen LogP contribution in [-0.2, 0) is 11.3 Å². The molecular weight excluding hydrogens is 196 g/mol. The highest BCUT2D eigenvalue weighted by Crippen LogP contribution is 2.04. The van der Waals surface area contributed by atoms with Crippen molar-refractivity contribution in [2.24, 2.45) is 5.73 Å². The smallest absolute Gasteiger partial charge is 0.271 e. The van der Waals surface area contributed by atoms with Gasteiger partial charge in [-0.1, -0.05) is 5.21 Å². The molecule has 0 fully saturated rings. The van der Waals surface area contributed by atoms with Gasteiger partial charge in [-0.25, -0.2) is 4.68 Å². The summed E-state index contributed by atoms with van der Waals surface area (Å²) in [5, 5.41) is 7.58. The highest BCUT2D eigenvalue weighted by Gasteiger charge is 2.12. The molecule has 1 amide bonds. The number of primary amides is 1. The molecule has 0 saturated heterocycles. The maximum atomic E-state index is 10.9. The fourth-order valence-electron chi connectivity index (χ4n) is 1.31. The van der Waals surface area contributed by atoms with Crippen molar-refractivity contribution in [3.05, 3.63) is 11.4 Å². The van der Waals surface area contributed by atoms with Crippen LogP contribution in [-0.4, -0.2) is 34.6 Å². The van der Waals surface area contributed by atoms with Crippen molar-refractivity contribution >= 4 is 5.91 Å². The second-order valence-corrected chi connectivity index (χ2v) is 3.31. The molecule has 15 heavy (non-hydrogen) atoms. The predicted molar refractivity (Wildman–Crippen MR) is 54.4 cm³/mol. The molecule has 1 aromatic heterocycles. The molecule has 0 radical (unpaired) electrons. The molecule has 0 atom stereocenters. The van der Waals surface area contributed by atoms with Crippen molar-refractivity contribution in [2.75, 3.05) is 13.7 Å². The second kappa shape index (κ2) is 5.45. The van der Waals surface area contributed by atoms with Gasteiger partial charge in [0, 0.05) is 20.3 Å². The summed E-state index contributed by atoms with van der Waals surface area (Å²) in [7, 11) is 1.67. The maximum Gasteiger partial charge on any atom is 0.271 e. The van der Waals surface area contributed by atoms with Gasteiger partial charge in [0.25, 0.3) is 5.91 Å². The first-order valence-corrected chi connectivity index (χ1v) is 4.85. The molecule has 1 rings (SSSR count). The number of hydrogen-bond acceptors (Lipinski definition) is 4. The van der Waals surface area contributed by atoms with Crippen molar-refractivity contribution in [1.29, 1.82) is 0 Å². The van der Waals surface area contributed by atoms with E-state index in [9.17, 15) is 4.79 Å². The fraction of sp³-hybridized carbons (Fsp3) is 0.667. The van der Waals surface area contributed by atoms with Gasteiger partial charge in [0.05, 0.1) is 5.69 Å². The van der Waals surface area contributed by atoms with Crippen molar-refractivity contribution in [3.63, 3.8) is 0 Å². The van der Waals surface area contributed by atoms with Crippen molar-refractivity contribution in [1.82, 2.24) is 15.0 Å². The highest BCUT2D eigenvalue weighted by molar-refractivity contribution is 5.91. The molecule has 0 saturated carbocycles. The summed E-state index contributed by atoms with van der Waals surface area (Å²) >= 11 is 0. The number of aryl methyl sites for hydroxylation is 1. The number of nitrogens with two attached hydrogens (primary N) is 1. The summed E-state index contributed by atoms with van der Waals surface area (Å²) in [6, 6.07) is 0. The number of ether oxygens (including phenoxy) is 1. The van der Waals surface area contributed by atoms with Crippen LogP contribution in [0.3, 0.4) is 0 Å². The van der Waals surface area contributed by atoms with Gasteiger partial charge in [-0.3, -0.25) is 4.79 Å². The van der Waals surface area contributed by atoms with Crippen molar-refractivity contribution < 1.29 is 9.53 Å². The lowest BCUT2D eigenvalue weighted by molar-refractivity contribution is 0.0995. The van der Waals surface area contributed by atoms with Gasteiger partial charge < -0.3 is 10.5 Å². The largest absolute Gasteiger partial charge is 0.385 e. The average molecular weight is 212 g/mol. The molecular formula is C9H16N4O2. The Hall–Kier alpha value is -1.43. The lowest BCUT2D eigenvalue weighted by Gasteiger charge is -2.02. The van der Waals surface area contributed by atoms with Crippen LogP contribution in [0.15, 0.2) is 0 Å². The Morgan fingerprint density at radius 2 is 2.27 bits per heavy atom. The number of amides is 1. The lowest BCUT2D eigenvalue weighted by atomic mass is 10.3. The molecule has 1 aromatic rings. The standard InChI is InChI=1S/C9H16N4O2/c1-7-8(9(10)14)11-12-13(7)5-3-4-6-15-2/h3-6H2,1-2H3,(H2,10,14). The molecule has 0 unspecified atom stereocenters. The third-order valence-corrected chi connectivity index (χ3v) is 2.18. The number of unbranched alkanes of at least 4 members (excludes halogenated alkanes) is 1. The Morgan fingerprint density at radius 3 is 2.80 bits per heavy atom. The van der Waals surface area contributed by atoms with E-state index in [-0.39, 0.29) is 5.69 Å². The number of methoxy groups -OCH3 is 1. The Morgan fingerprint density at radius 1 is 1.53 bits per heavy atom.